The van der Waals surface area contributed by atoms with Crippen molar-refractivity contribution in [3.05, 3.63) is 53.6 Å². The van der Waals surface area contributed by atoms with Gasteiger partial charge in [0, 0.05) is 17.1 Å². The van der Waals surface area contributed by atoms with Crippen molar-refractivity contribution in [3.63, 3.8) is 0 Å². The summed E-state index contributed by atoms with van der Waals surface area (Å²) in [5, 5.41) is 13.1. The Morgan fingerprint density at radius 1 is 1.25 bits per heavy atom. The van der Waals surface area contributed by atoms with Crippen LogP contribution >= 0.6 is 0 Å². The van der Waals surface area contributed by atoms with E-state index in [2.05, 4.69) is 10.3 Å². The molecule has 8 heteroatoms. The molecule has 1 aromatic carbocycles. The fraction of sp³-hybridized carbons (Fsp3) is 0.188. The number of benzene rings is 1. The number of hydrogen-bond donors (Lipinski definition) is 2. The number of aromatic nitrogens is 1. The SMILES string of the molecule is CS(=O)(=O)/C=C/[C@H](CC(=O)O)NC(=O)c1ccc2ccccc2n1. The van der Waals surface area contributed by atoms with Crippen molar-refractivity contribution < 1.29 is 23.1 Å². The monoisotopic (exact) mass is 348 g/mol. The van der Waals surface area contributed by atoms with Gasteiger partial charge in [-0.25, -0.2) is 13.4 Å². The molecule has 0 saturated heterocycles. The number of fused-ring (bicyclic) bond motifs is 1. The molecule has 0 aliphatic heterocycles. The highest BCUT2D eigenvalue weighted by Gasteiger charge is 2.16. The van der Waals surface area contributed by atoms with Gasteiger partial charge in [0.25, 0.3) is 5.91 Å². The van der Waals surface area contributed by atoms with Crippen molar-refractivity contribution in [2.45, 2.75) is 12.5 Å². The molecule has 126 valence electrons. The summed E-state index contributed by atoms with van der Waals surface area (Å²) in [4.78, 5) is 27.3. The van der Waals surface area contributed by atoms with Crippen LogP contribution in [0.3, 0.4) is 0 Å². The van der Waals surface area contributed by atoms with E-state index in [1.807, 2.05) is 12.1 Å². The Labute approximate surface area is 138 Å². The summed E-state index contributed by atoms with van der Waals surface area (Å²) in [6.45, 7) is 0. The number of nitrogens with one attached hydrogen (secondary N) is 1. The molecule has 24 heavy (non-hydrogen) atoms. The first-order chi connectivity index (χ1) is 11.2. The molecule has 7 nitrogen and oxygen atoms in total. The number of aliphatic carboxylic acids is 1. The van der Waals surface area contributed by atoms with Gasteiger partial charge in [-0.2, -0.15) is 0 Å². The predicted octanol–water partition coefficient (Wildman–Crippen LogP) is 1.37. The zero-order valence-corrected chi connectivity index (χ0v) is 13.7. The summed E-state index contributed by atoms with van der Waals surface area (Å²) in [6.07, 6.45) is 1.68. The fourth-order valence-corrected chi connectivity index (χ4v) is 2.50. The molecule has 0 unspecified atom stereocenters. The quantitative estimate of drug-likeness (QED) is 0.815. The summed E-state index contributed by atoms with van der Waals surface area (Å²) < 4.78 is 22.3. The molecule has 1 aromatic heterocycles. The van der Waals surface area contributed by atoms with Gasteiger partial charge in [0.15, 0.2) is 9.84 Å². The number of para-hydroxylation sites is 1. The maximum absolute atomic E-state index is 12.3. The number of amides is 1. The van der Waals surface area contributed by atoms with Crippen LogP contribution in [0.25, 0.3) is 10.9 Å². The maximum atomic E-state index is 12.3. The summed E-state index contributed by atoms with van der Waals surface area (Å²) in [6, 6.07) is 9.54. The predicted molar refractivity (Wildman–Crippen MR) is 89.2 cm³/mol. The van der Waals surface area contributed by atoms with E-state index < -0.39 is 34.2 Å². The lowest BCUT2D eigenvalue weighted by molar-refractivity contribution is -0.137. The fourth-order valence-electron chi connectivity index (χ4n) is 2.03. The van der Waals surface area contributed by atoms with Crippen LogP contribution in [-0.2, 0) is 14.6 Å². The van der Waals surface area contributed by atoms with E-state index in [1.54, 1.807) is 18.2 Å². The minimum atomic E-state index is -3.42. The third-order valence-corrected chi connectivity index (χ3v) is 3.75. The molecule has 0 aliphatic rings. The molecule has 0 aliphatic carbocycles. The largest absolute Gasteiger partial charge is 0.481 e. The molecule has 0 bridgehead atoms. The van der Waals surface area contributed by atoms with Crippen molar-refractivity contribution >= 4 is 32.6 Å². The molecule has 1 amide bonds. The molecule has 1 atom stereocenters. The van der Waals surface area contributed by atoms with E-state index in [1.165, 1.54) is 6.07 Å². The lowest BCUT2D eigenvalue weighted by Gasteiger charge is -2.13. The van der Waals surface area contributed by atoms with Gasteiger partial charge in [-0.15, -0.1) is 0 Å². The van der Waals surface area contributed by atoms with Gasteiger partial charge in [0.2, 0.25) is 0 Å². The second-order valence-corrected chi connectivity index (χ2v) is 7.16. The molecule has 0 fully saturated rings. The van der Waals surface area contributed by atoms with Crippen LogP contribution in [0, 0.1) is 0 Å². The Balaban J connectivity index is 2.21. The highest BCUT2D eigenvalue weighted by molar-refractivity contribution is 7.93. The van der Waals surface area contributed by atoms with E-state index in [4.69, 9.17) is 5.11 Å². The smallest absolute Gasteiger partial charge is 0.305 e. The lowest BCUT2D eigenvalue weighted by Crippen LogP contribution is -2.35. The molecule has 2 aromatic rings. The van der Waals surface area contributed by atoms with Crippen LogP contribution in [0.5, 0.6) is 0 Å². The molecule has 0 radical (unpaired) electrons. The van der Waals surface area contributed by atoms with E-state index in [0.29, 0.717) is 5.52 Å². The van der Waals surface area contributed by atoms with Crippen LogP contribution < -0.4 is 5.32 Å². The van der Waals surface area contributed by atoms with Gasteiger partial charge in [-0.05, 0) is 12.1 Å². The number of carbonyl (C=O) groups is 2. The number of carboxylic acid groups (broad SMARTS) is 1. The first-order valence-corrected chi connectivity index (χ1v) is 8.97. The molecule has 2 N–H and O–H groups in total. The third kappa shape index (κ3) is 5.17. The van der Waals surface area contributed by atoms with Gasteiger partial charge in [-0.1, -0.05) is 30.3 Å². The Hall–Kier alpha value is -2.74. The Bertz CT molecular complexity index is 906. The maximum Gasteiger partial charge on any atom is 0.305 e. The zero-order chi connectivity index (χ0) is 17.7. The molecule has 0 saturated carbocycles. The number of rotatable bonds is 6. The van der Waals surface area contributed by atoms with Gasteiger partial charge in [0.1, 0.15) is 5.69 Å². The van der Waals surface area contributed by atoms with Crippen LogP contribution in [0.2, 0.25) is 0 Å². The van der Waals surface area contributed by atoms with E-state index in [-0.39, 0.29) is 5.69 Å². The van der Waals surface area contributed by atoms with Gasteiger partial charge in [0.05, 0.1) is 18.0 Å². The van der Waals surface area contributed by atoms with Crippen molar-refractivity contribution in [1.29, 1.82) is 0 Å². The number of nitrogens with zero attached hydrogens (tertiary/aromatic N) is 1. The summed E-state index contributed by atoms with van der Waals surface area (Å²) >= 11 is 0. The summed E-state index contributed by atoms with van der Waals surface area (Å²) in [5.74, 6) is -1.74. The van der Waals surface area contributed by atoms with E-state index in [0.717, 1.165) is 23.1 Å². The first-order valence-electron chi connectivity index (χ1n) is 7.01. The van der Waals surface area contributed by atoms with Gasteiger partial charge in [-0.3, -0.25) is 9.59 Å². The average molecular weight is 348 g/mol. The van der Waals surface area contributed by atoms with Crippen LogP contribution in [0.4, 0.5) is 0 Å². The van der Waals surface area contributed by atoms with Crippen molar-refractivity contribution in [2.75, 3.05) is 6.26 Å². The first kappa shape index (κ1) is 17.6. The van der Waals surface area contributed by atoms with E-state index >= 15 is 0 Å². The molecular weight excluding hydrogens is 332 g/mol. The Kier molecular flexibility index (Phi) is 5.30. The minimum Gasteiger partial charge on any atom is -0.481 e. The molecule has 0 spiro atoms. The topological polar surface area (TPSA) is 113 Å². The number of pyridine rings is 1. The van der Waals surface area contributed by atoms with Gasteiger partial charge < -0.3 is 10.4 Å². The van der Waals surface area contributed by atoms with Crippen molar-refractivity contribution in [3.8, 4) is 0 Å². The lowest BCUT2D eigenvalue weighted by atomic mass is 10.1. The summed E-state index contributed by atoms with van der Waals surface area (Å²) in [7, 11) is -3.42. The average Bonchev–Trinajstić information content (AvgIpc) is 2.51. The van der Waals surface area contributed by atoms with Gasteiger partial charge >= 0.3 is 5.97 Å². The molecular formula is C16H16N2O5S. The number of carbonyl (C=O) groups excluding carboxylic acids is 1. The third-order valence-electron chi connectivity index (χ3n) is 3.10. The minimum absolute atomic E-state index is 0.122. The highest BCUT2D eigenvalue weighted by Crippen LogP contribution is 2.12. The standard InChI is InChI=1S/C16H16N2O5S/c1-24(22,23)9-8-12(10-15(19)20)17-16(21)14-7-6-11-4-2-3-5-13(11)18-14/h2-9,12H,10H2,1H3,(H,17,21)(H,19,20)/b9-8+/t12-/m1/s1. The summed E-state index contributed by atoms with van der Waals surface area (Å²) in [5.41, 5.74) is 0.753. The Morgan fingerprint density at radius 3 is 2.62 bits per heavy atom. The van der Waals surface area contributed by atoms with Crippen molar-refractivity contribution in [2.24, 2.45) is 0 Å². The van der Waals surface area contributed by atoms with Crippen LogP contribution in [0.15, 0.2) is 47.9 Å². The number of carboxylic acids is 1. The van der Waals surface area contributed by atoms with Crippen LogP contribution in [0.1, 0.15) is 16.9 Å². The number of hydrogen-bond acceptors (Lipinski definition) is 5. The second-order valence-electron chi connectivity index (χ2n) is 5.23. The van der Waals surface area contributed by atoms with Crippen LogP contribution in [-0.4, -0.2) is 42.7 Å². The Morgan fingerprint density at radius 2 is 1.96 bits per heavy atom. The number of sulfone groups is 1. The zero-order valence-electron chi connectivity index (χ0n) is 12.8. The van der Waals surface area contributed by atoms with E-state index in [9.17, 15) is 18.0 Å². The normalized spacial score (nSPS) is 13.0. The highest BCUT2D eigenvalue weighted by atomic mass is 32.2. The molecule has 1 heterocycles. The van der Waals surface area contributed by atoms with Crippen molar-refractivity contribution in [1.82, 2.24) is 10.3 Å². The second kappa shape index (κ2) is 7.22. The molecule has 2 rings (SSSR count).